The van der Waals surface area contributed by atoms with Gasteiger partial charge in [0.1, 0.15) is 5.82 Å². The van der Waals surface area contributed by atoms with Gasteiger partial charge in [0.25, 0.3) is 0 Å². The topological polar surface area (TPSA) is 84.3 Å². The van der Waals surface area contributed by atoms with Gasteiger partial charge < -0.3 is 10.2 Å². The maximum atomic E-state index is 12.1. The fourth-order valence-electron chi connectivity index (χ4n) is 2.82. The van der Waals surface area contributed by atoms with Gasteiger partial charge in [0.2, 0.25) is 5.91 Å². The van der Waals surface area contributed by atoms with Gasteiger partial charge in [-0.25, -0.2) is 13.1 Å². The molecule has 1 amide bonds. The minimum Gasteiger partial charge on any atom is -0.311 e. The molecule has 8 heteroatoms. The Hall–Kier alpha value is -1.41. The molecule has 1 aliphatic heterocycles. The molecule has 23 heavy (non-hydrogen) atoms. The molecule has 1 atom stereocenters. The van der Waals surface area contributed by atoms with Crippen LogP contribution in [-0.4, -0.2) is 60.1 Å². The minimum atomic E-state index is -2.89. The lowest BCUT2D eigenvalue weighted by Gasteiger charge is -2.22. The monoisotopic (exact) mass is 342 g/mol. The van der Waals surface area contributed by atoms with Gasteiger partial charge in [-0.1, -0.05) is 6.92 Å². The van der Waals surface area contributed by atoms with Crippen LogP contribution in [0.4, 0.5) is 5.82 Å². The number of hydrogen-bond donors (Lipinski definition) is 1. The summed E-state index contributed by atoms with van der Waals surface area (Å²) in [5, 5.41) is 7.25. The smallest absolute Gasteiger partial charge is 0.226 e. The zero-order valence-electron chi connectivity index (χ0n) is 14.1. The number of sulfone groups is 1. The van der Waals surface area contributed by atoms with Gasteiger partial charge in [-0.15, -0.1) is 0 Å². The van der Waals surface area contributed by atoms with Crippen molar-refractivity contribution in [3.05, 3.63) is 11.8 Å². The second-order valence-corrected chi connectivity index (χ2v) is 8.46. The van der Waals surface area contributed by atoms with Crippen LogP contribution in [-0.2, 0) is 21.2 Å². The van der Waals surface area contributed by atoms with E-state index in [9.17, 15) is 13.2 Å². The Labute approximate surface area is 138 Å². The number of nitrogens with one attached hydrogen (secondary N) is 1. The molecule has 1 aliphatic rings. The van der Waals surface area contributed by atoms with Crippen molar-refractivity contribution in [3.8, 4) is 0 Å². The highest BCUT2D eigenvalue weighted by atomic mass is 32.2. The van der Waals surface area contributed by atoms with E-state index in [1.165, 1.54) is 0 Å². The van der Waals surface area contributed by atoms with Gasteiger partial charge in [-0.3, -0.25) is 4.79 Å². The van der Waals surface area contributed by atoms with Crippen LogP contribution in [0.3, 0.4) is 0 Å². The fraction of sp³-hybridized carbons (Fsp3) is 0.733. The van der Waals surface area contributed by atoms with Crippen molar-refractivity contribution in [3.63, 3.8) is 0 Å². The first kappa shape index (κ1) is 17.9. The molecule has 7 nitrogen and oxygen atoms in total. The molecule has 1 aromatic rings. The van der Waals surface area contributed by atoms with Crippen molar-refractivity contribution in [1.82, 2.24) is 14.7 Å². The molecule has 0 spiro atoms. The average Bonchev–Trinajstić information content (AvgIpc) is 2.99. The van der Waals surface area contributed by atoms with E-state index in [1.54, 1.807) is 4.68 Å². The summed E-state index contributed by atoms with van der Waals surface area (Å²) in [6.45, 7) is 5.28. The van der Waals surface area contributed by atoms with E-state index in [0.717, 1.165) is 24.5 Å². The zero-order valence-corrected chi connectivity index (χ0v) is 14.9. The summed E-state index contributed by atoms with van der Waals surface area (Å²) in [6, 6.07) is 1.89. The lowest BCUT2D eigenvalue weighted by atomic mass is 10.2. The molecule has 0 radical (unpaired) electrons. The van der Waals surface area contributed by atoms with Crippen LogP contribution in [0.2, 0.25) is 0 Å². The van der Waals surface area contributed by atoms with E-state index in [-0.39, 0.29) is 23.5 Å². The Bertz CT molecular complexity index is 654. The Balaban J connectivity index is 1.83. The first-order valence-corrected chi connectivity index (χ1v) is 9.88. The quantitative estimate of drug-likeness (QED) is 0.801. The highest BCUT2D eigenvalue weighted by Crippen LogP contribution is 2.17. The van der Waals surface area contributed by atoms with Crippen LogP contribution < -0.4 is 5.32 Å². The number of aromatic nitrogens is 2. The van der Waals surface area contributed by atoms with Crippen molar-refractivity contribution in [2.45, 2.75) is 45.7 Å². The number of rotatable bonds is 7. The summed E-state index contributed by atoms with van der Waals surface area (Å²) in [7, 11) is -1.01. The van der Waals surface area contributed by atoms with E-state index in [4.69, 9.17) is 0 Å². The summed E-state index contributed by atoms with van der Waals surface area (Å²) in [6.07, 6.45) is 1.94. The van der Waals surface area contributed by atoms with E-state index >= 15 is 0 Å². The molecule has 0 aliphatic carbocycles. The van der Waals surface area contributed by atoms with E-state index in [0.29, 0.717) is 19.4 Å². The second-order valence-electron chi connectivity index (χ2n) is 6.23. The average molecular weight is 342 g/mol. The first-order chi connectivity index (χ1) is 10.8. The number of amides is 1. The molecule has 0 aromatic carbocycles. The van der Waals surface area contributed by atoms with Crippen LogP contribution in [0.1, 0.15) is 31.9 Å². The molecular formula is C15H26N4O3S. The molecule has 1 N–H and O–H groups in total. The van der Waals surface area contributed by atoms with E-state index in [2.05, 4.69) is 17.3 Å². The number of hydrogen-bond acceptors (Lipinski definition) is 5. The van der Waals surface area contributed by atoms with Gasteiger partial charge in [0.05, 0.1) is 17.2 Å². The molecule has 1 aromatic heterocycles. The normalized spacial score (nSPS) is 20.1. The lowest BCUT2D eigenvalue weighted by Crippen LogP contribution is -2.35. The molecule has 0 saturated carbocycles. The number of nitrogens with zero attached hydrogens (tertiary/aromatic N) is 3. The van der Waals surface area contributed by atoms with Crippen molar-refractivity contribution in [2.75, 3.05) is 30.4 Å². The Morgan fingerprint density at radius 3 is 2.87 bits per heavy atom. The predicted octanol–water partition coefficient (Wildman–Crippen LogP) is 1.05. The Morgan fingerprint density at radius 1 is 1.52 bits per heavy atom. The largest absolute Gasteiger partial charge is 0.311 e. The highest BCUT2D eigenvalue weighted by Gasteiger charge is 2.30. The highest BCUT2D eigenvalue weighted by molar-refractivity contribution is 7.91. The molecule has 2 heterocycles. The molecule has 1 fully saturated rings. The second kappa shape index (κ2) is 7.44. The number of anilines is 1. The van der Waals surface area contributed by atoms with Gasteiger partial charge in [0.15, 0.2) is 9.84 Å². The van der Waals surface area contributed by atoms with Crippen molar-refractivity contribution >= 4 is 21.6 Å². The third-order valence-electron chi connectivity index (χ3n) is 4.13. The molecule has 2 rings (SSSR count). The first-order valence-electron chi connectivity index (χ1n) is 8.05. The van der Waals surface area contributed by atoms with Crippen LogP contribution >= 0.6 is 0 Å². The SMILES string of the molecule is CCCn1nc(C)cc1NC(=O)CCN(C)C1CCS(=O)(=O)C1. The maximum Gasteiger partial charge on any atom is 0.226 e. The Morgan fingerprint density at radius 2 is 2.26 bits per heavy atom. The number of aryl methyl sites for hydroxylation is 2. The number of carbonyl (C=O) groups excluding carboxylic acids is 1. The van der Waals surface area contributed by atoms with Gasteiger partial charge in [-0.05, 0) is 26.8 Å². The molecule has 0 bridgehead atoms. The third kappa shape index (κ3) is 5.04. The Kier molecular flexibility index (Phi) is 5.80. The summed E-state index contributed by atoms with van der Waals surface area (Å²) in [4.78, 5) is 14.1. The predicted molar refractivity (Wildman–Crippen MR) is 90.2 cm³/mol. The van der Waals surface area contributed by atoms with Crippen LogP contribution in [0.15, 0.2) is 6.07 Å². The molecule has 1 saturated heterocycles. The van der Waals surface area contributed by atoms with Crippen molar-refractivity contribution < 1.29 is 13.2 Å². The molecular weight excluding hydrogens is 316 g/mol. The summed E-state index contributed by atoms with van der Waals surface area (Å²) in [5.74, 6) is 1.10. The zero-order chi connectivity index (χ0) is 17.0. The summed E-state index contributed by atoms with van der Waals surface area (Å²) < 4.78 is 24.8. The summed E-state index contributed by atoms with van der Waals surface area (Å²) in [5.41, 5.74) is 0.877. The standard InChI is InChI=1S/C15H26N4O3S/c1-4-7-19-14(10-12(2)17-19)16-15(20)5-8-18(3)13-6-9-23(21,22)11-13/h10,13H,4-9,11H2,1-3H3,(H,16,20). The fourth-order valence-corrected chi connectivity index (χ4v) is 4.62. The molecule has 1 unspecified atom stereocenters. The van der Waals surface area contributed by atoms with Crippen LogP contribution in [0, 0.1) is 6.92 Å². The van der Waals surface area contributed by atoms with E-state index < -0.39 is 9.84 Å². The van der Waals surface area contributed by atoms with Gasteiger partial charge in [-0.2, -0.15) is 5.10 Å². The van der Waals surface area contributed by atoms with E-state index in [1.807, 2.05) is 24.9 Å². The lowest BCUT2D eigenvalue weighted by molar-refractivity contribution is -0.116. The maximum absolute atomic E-state index is 12.1. The molecule has 130 valence electrons. The van der Waals surface area contributed by atoms with Gasteiger partial charge >= 0.3 is 0 Å². The summed E-state index contributed by atoms with van der Waals surface area (Å²) >= 11 is 0. The van der Waals surface area contributed by atoms with Crippen molar-refractivity contribution in [2.24, 2.45) is 0 Å². The van der Waals surface area contributed by atoms with Crippen LogP contribution in [0.25, 0.3) is 0 Å². The van der Waals surface area contributed by atoms with Crippen LogP contribution in [0.5, 0.6) is 0 Å². The van der Waals surface area contributed by atoms with Crippen molar-refractivity contribution in [1.29, 1.82) is 0 Å². The minimum absolute atomic E-state index is 0.0284. The third-order valence-corrected chi connectivity index (χ3v) is 5.88. The van der Waals surface area contributed by atoms with Gasteiger partial charge in [0, 0.05) is 31.6 Å². The number of carbonyl (C=O) groups is 1.